The van der Waals surface area contributed by atoms with Gasteiger partial charge in [0.25, 0.3) is 0 Å². The van der Waals surface area contributed by atoms with Crippen molar-refractivity contribution in [2.45, 2.75) is 26.3 Å². The topological polar surface area (TPSA) is 44.4 Å². The first-order valence-corrected chi connectivity index (χ1v) is 7.99. The SMILES string of the molecule is CNC(=O)CCN(c1ccc(Nc2ccccc2)cc1)C(C)C. The van der Waals surface area contributed by atoms with Crippen LogP contribution in [0.2, 0.25) is 0 Å². The minimum atomic E-state index is 0.0676. The molecule has 4 nitrogen and oxygen atoms in total. The summed E-state index contributed by atoms with van der Waals surface area (Å²) in [5.41, 5.74) is 3.25. The van der Waals surface area contributed by atoms with Gasteiger partial charge >= 0.3 is 0 Å². The maximum Gasteiger partial charge on any atom is 0.221 e. The summed E-state index contributed by atoms with van der Waals surface area (Å²) in [6.07, 6.45) is 0.499. The first-order chi connectivity index (χ1) is 11.1. The van der Waals surface area contributed by atoms with Crippen molar-refractivity contribution < 1.29 is 4.79 Å². The molecule has 122 valence electrons. The number of nitrogens with zero attached hydrogens (tertiary/aromatic N) is 1. The van der Waals surface area contributed by atoms with Gasteiger partial charge in [0.05, 0.1) is 0 Å². The lowest BCUT2D eigenvalue weighted by Crippen LogP contribution is -2.34. The summed E-state index contributed by atoms with van der Waals surface area (Å²) < 4.78 is 0. The number of anilines is 3. The van der Waals surface area contributed by atoms with Crippen molar-refractivity contribution in [1.82, 2.24) is 5.32 Å². The van der Waals surface area contributed by atoms with Gasteiger partial charge in [-0.3, -0.25) is 4.79 Å². The van der Waals surface area contributed by atoms with E-state index >= 15 is 0 Å². The number of para-hydroxylation sites is 1. The number of hydrogen-bond donors (Lipinski definition) is 2. The Kier molecular flexibility index (Phi) is 6.03. The first-order valence-electron chi connectivity index (χ1n) is 7.99. The third-order valence-electron chi connectivity index (χ3n) is 3.74. The Morgan fingerprint density at radius 3 is 2.17 bits per heavy atom. The summed E-state index contributed by atoms with van der Waals surface area (Å²) >= 11 is 0. The Morgan fingerprint density at radius 2 is 1.61 bits per heavy atom. The standard InChI is InChI=1S/C19H25N3O/c1-15(2)22(14-13-19(23)20-3)18-11-9-17(10-12-18)21-16-7-5-4-6-8-16/h4-12,15,21H,13-14H2,1-3H3,(H,20,23). The first kappa shape index (κ1) is 16.9. The van der Waals surface area contributed by atoms with Crippen LogP contribution in [0.1, 0.15) is 20.3 Å². The molecule has 0 aliphatic carbocycles. The van der Waals surface area contributed by atoms with E-state index in [9.17, 15) is 4.79 Å². The van der Waals surface area contributed by atoms with Crippen LogP contribution in [0.25, 0.3) is 0 Å². The van der Waals surface area contributed by atoms with Crippen molar-refractivity contribution in [1.29, 1.82) is 0 Å². The minimum Gasteiger partial charge on any atom is -0.369 e. The van der Waals surface area contributed by atoms with E-state index in [0.717, 1.165) is 17.1 Å². The van der Waals surface area contributed by atoms with Crippen LogP contribution in [0.4, 0.5) is 17.1 Å². The monoisotopic (exact) mass is 311 g/mol. The summed E-state index contributed by atoms with van der Waals surface area (Å²) in [6, 6.07) is 18.8. The zero-order chi connectivity index (χ0) is 16.7. The Hall–Kier alpha value is -2.49. The maximum atomic E-state index is 11.5. The minimum absolute atomic E-state index is 0.0676. The van der Waals surface area contributed by atoms with Crippen molar-refractivity contribution >= 4 is 23.0 Å². The van der Waals surface area contributed by atoms with E-state index < -0.39 is 0 Å². The molecular formula is C19H25N3O. The van der Waals surface area contributed by atoms with E-state index in [1.807, 2.05) is 30.3 Å². The van der Waals surface area contributed by atoms with Gasteiger partial charge in [-0.1, -0.05) is 18.2 Å². The fraction of sp³-hybridized carbons (Fsp3) is 0.316. The zero-order valence-corrected chi connectivity index (χ0v) is 14.0. The van der Waals surface area contributed by atoms with Gasteiger partial charge in [-0.25, -0.2) is 0 Å². The lowest BCUT2D eigenvalue weighted by molar-refractivity contribution is -0.120. The highest BCUT2D eigenvalue weighted by molar-refractivity contribution is 5.76. The molecule has 2 aromatic rings. The van der Waals surface area contributed by atoms with Gasteiger partial charge in [-0.05, 0) is 50.2 Å². The van der Waals surface area contributed by atoms with Crippen LogP contribution >= 0.6 is 0 Å². The van der Waals surface area contributed by atoms with Gasteiger partial charge in [0, 0.05) is 43.1 Å². The van der Waals surface area contributed by atoms with Gasteiger partial charge < -0.3 is 15.5 Å². The quantitative estimate of drug-likeness (QED) is 0.818. The van der Waals surface area contributed by atoms with Gasteiger partial charge in [-0.2, -0.15) is 0 Å². The zero-order valence-electron chi connectivity index (χ0n) is 14.0. The molecule has 0 radical (unpaired) electrons. The molecule has 2 rings (SSSR count). The van der Waals surface area contributed by atoms with Crippen molar-refractivity contribution in [2.24, 2.45) is 0 Å². The molecule has 0 spiro atoms. The lowest BCUT2D eigenvalue weighted by atomic mass is 10.2. The molecule has 0 fully saturated rings. The summed E-state index contributed by atoms with van der Waals surface area (Å²) in [6.45, 7) is 4.99. The van der Waals surface area contributed by atoms with E-state index in [4.69, 9.17) is 0 Å². The number of amides is 1. The molecular weight excluding hydrogens is 286 g/mol. The Labute approximate surface area is 138 Å². The second-order valence-electron chi connectivity index (χ2n) is 5.75. The molecule has 0 bridgehead atoms. The van der Waals surface area contributed by atoms with Crippen LogP contribution < -0.4 is 15.5 Å². The van der Waals surface area contributed by atoms with E-state index in [2.05, 4.69) is 53.6 Å². The van der Waals surface area contributed by atoms with E-state index in [-0.39, 0.29) is 5.91 Å². The smallest absolute Gasteiger partial charge is 0.221 e. The van der Waals surface area contributed by atoms with E-state index in [1.165, 1.54) is 0 Å². The summed E-state index contributed by atoms with van der Waals surface area (Å²) in [5, 5.41) is 6.05. The van der Waals surface area contributed by atoms with Gasteiger partial charge in [0.15, 0.2) is 0 Å². The number of carbonyl (C=O) groups excluding carboxylic acids is 1. The average molecular weight is 311 g/mol. The molecule has 0 aliphatic rings. The molecule has 4 heteroatoms. The molecule has 1 amide bonds. The fourth-order valence-electron chi connectivity index (χ4n) is 2.46. The number of carbonyl (C=O) groups is 1. The number of benzene rings is 2. The van der Waals surface area contributed by atoms with Crippen LogP contribution in [-0.4, -0.2) is 25.5 Å². The highest BCUT2D eigenvalue weighted by Gasteiger charge is 2.12. The predicted molar refractivity (Wildman–Crippen MR) is 97.3 cm³/mol. The predicted octanol–water partition coefficient (Wildman–Crippen LogP) is 3.78. The Balaban J connectivity index is 2.05. The van der Waals surface area contributed by atoms with Crippen molar-refractivity contribution in [2.75, 3.05) is 23.8 Å². The van der Waals surface area contributed by atoms with Gasteiger partial charge in [0.1, 0.15) is 0 Å². The van der Waals surface area contributed by atoms with Crippen LogP contribution in [-0.2, 0) is 4.79 Å². The van der Waals surface area contributed by atoms with Crippen molar-refractivity contribution in [3.8, 4) is 0 Å². The van der Waals surface area contributed by atoms with Crippen molar-refractivity contribution in [3.63, 3.8) is 0 Å². The average Bonchev–Trinajstić information content (AvgIpc) is 2.57. The second kappa shape index (κ2) is 8.22. The van der Waals surface area contributed by atoms with Gasteiger partial charge in [0.2, 0.25) is 5.91 Å². The highest BCUT2D eigenvalue weighted by atomic mass is 16.1. The fourth-order valence-corrected chi connectivity index (χ4v) is 2.46. The summed E-state index contributed by atoms with van der Waals surface area (Å²) in [5.74, 6) is 0.0676. The number of nitrogens with one attached hydrogen (secondary N) is 2. The molecule has 2 N–H and O–H groups in total. The molecule has 0 heterocycles. The normalized spacial score (nSPS) is 10.4. The van der Waals surface area contributed by atoms with Gasteiger partial charge in [-0.15, -0.1) is 0 Å². The van der Waals surface area contributed by atoms with Crippen LogP contribution in [0.5, 0.6) is 0 Å². The number of rotatable bonds is 7. The van der Waals surface area contributed by atoms with Crippen LogP contribution in [0.3, 0.4) is 0 Å². The molecule has 0 atom stereocenters. The molecule has 23 heavy (non-hydrogen) atoms. The molecule has 0 aromatic heterocycles. The summed E-state index contributed by atoms with van der Waals surface area (Å²) in [4.78, 5) is 13.7. The molecule has 0 unspecified atom stereocenters. The largest absolute Gasteiger partial charge is 0.369 e. The Morgan fingerprint density at radius 1 is 1.00 bits per heavy atom. The van der Waals surface area contributed by atoms with Crippen molar-refractivity contribution in [3.05, 3.63) is 54.6 Å². The maximum absolute atomic E-state index is 11.5. The highest BCUT2D eigenvalue weighted by Crippen LogP contribution is 2.22. The Bertz CT molecular complexity index is 608. The molecule has 0 saturated carbocycles. The molecule has 0 aliphatic heterocycles. The molecule has 0 saturated heterocycles. The lowest BCUT2D eigenvalue weighted by Gasteiger charge is -2.29. The van der Waals surface area contributed by atoms with Crippen LogP contribution in [0, 0.1) is 0 Å². The van der Waals surface area contributed by atoms with E-state index in [0.29, 0.717) is 19.0 Å². The summed E-state index contributed by atoms with van der Waals surface area (Å²) in [7, 11) is 1.67. The van der Waals surface area contributed by atoms with Crippen LogP contribution in [0.15, 0.2) is 54.6 Å². The number of hydrogen-bond acceptors (Lipinski definition) is 3. The van der Waals surface area contributed by atoms with E-state index in [1.54, 1.807) is 7.05 Å². The third-order valence-corrected chi connectivity index (χ3v) is 3.74. The second-order valence-corrected chi connectivity index (χ2v) is 5.75. The molecule has 2 aromatic carbocycles. The third kappa shape index (κ3) is 5.02.